The summed E-state index contributed by atoms with van der Waals surface area (Å²) < 4.78 is 43.8. The van der Waals surface area contributed by atoms with E-state index in [9.17, 15) is 44.1 Å². The van der Waals surface area contributed by atoms with Crippen LogP contribution in [-0.4, -0.2) is 185 Å². The highest BCUT2D eigenvalue weighted by Crippen LogP contribution is 2.30. The number of ketones is 2. The van der Waals surface area contributed by atoms with Crippen LogP contribution in [0.1, 0.15) is 75.1 Å². The monoisotopic (exact) mass is 1010 g/mol. The zero-order valence-corrected chi connectivity index (χ0v) is 41.3. The molecule has 2 aliphatic heterocycles. The maximum Gasteiger partial charge on any atom is 0.253 e. The van der Waals surface area contributed by atoms with Crippen LogP contribution >= 0.6 is 0 Å². The molecule has 20 nitrogen and oxygen atoms in total. The highest BCUT2D eigenvalue weighted by Gasteiger charge is 2.42. The van der Waals surface area contributed by atoms with Crippen molar-refractivity contribution >= 4 is 35.2 Å². The van der Waals surface area contributed by atoms with Crippen LogP contribution in [0.15, 0.2) is 60.7 Å². The third kappa shape index (κ3) is 20.5. The Hall–Kier alpha value is -5.00. The van der Waals surface area contributed by atoms with Gasteiger partial charge in [-0.3, -0.25) is 33.7 Å². The molecule has 72 heavy (non-hydrogen) atoms. The molecule has 2 aromatic carbocycles. The summed E-state index contributed by atoms with van der Waals surface area (Å²) in [5, 5.41) is 35.2. The first-order valence-electron chi connectivity index (χ1n) is 25.1. The molecule has 5 rings (SSSR count). The van der Waals surface area contributed by atoms with Crippen molar-refractivity contribution in [2.24, 2.45) is 11.8 Å². The van der Waals surface area contributed by atoms with E-state index in [1.165, 1.54) is 17.1 Å². The molecule has 0 radical (unpaired) electrons. The van der Waals surface area contributed by atoms with Crippen molar-refractivity contribution in [2.75, 3.05) is 98.9 Å². The highest BCUT2D eigenvalue weighted by atomic mass is 16.7. The van der Waals surface area contributed by atoms with E-state index in [0.29, 0.717) is 116 Å². The van der Waals surface area contributed by atoms with Crippen LogP contribution in [-0.2, 0) is 57.1 Å². The van der Waals surface area contributed by atoms with Crippen LogP contribution in [0.5, 0.6) is 5.75 Å². The summed E-state index contributed by atoms with van der Waals surface area (Å²) >= 11 is 0. The van der Waals surface area contributed by atoms with Gasteiger partial charge in [0.05, 0.1) is 72.2 Å². The molecule has 20 heteroatoms. The molecule has 4 amide bonds. The normalized spacial score (nSPS) is 22.0. The molecule has 1 saturated carbocycles. The molecule has 2 aromatic rings. The lowest BCUT2D eigenvalue weighted by Gasteiger charge is -2.38. The summed E-state index contributed by atoms with van der Waals surface area (Å²) in [6, 6.07) is 14.8. The van der Waals surface area contributed by atoms with Crippen molar-refractivity contribution in [3.63, 3.8) is 0 Å². The number of carbonyl (C=O) groups is 6. The second-order valence-electron chi connectivity index (χ2n) is 17.9. The summed E-state index contributed by atoms with van der Waals surface area (Å²) in [4.78, 5) is 75.2. The molecule has 0 unspecified atom stereocenters. The van der Waals surface area contributed by atoms with Gasteiger partial charge in [-0.25, -0.2) is 0 Å². The van der Waals surface area contributed by atoms with E-state index in [1.54, 1.807) is 25.1 Å². The first-order chi connectivity index (χ1) is 34.9. The van der Waals surface area contributed by atoms with E-state index < -0.39 is 30.7 Å². The number of amides is 4. The van der Waals surface area contributed by atoms with Crippen LogP contribution in [0.4, 0.5) is 0 Å². The Bertz CT molecular complexity index is 2010. The SMILES string of the molecule is C[C@@H]1O[C@@H](OCCOCCNC(=O)CCOCCOCCOCCOCCCC(=O)COc2ccc(-c3cccc(C(=O)CCCNC(=O)C4CCC(CN5C(=O)C=CC5=O)CC4)c3)cc2)[C@H](O)[C@H](O)[C@H]1O. The van der Waals surface area contributed by atoms with Gasteiger partial charge in [0.25, 0.3) is 11.8 Å². The Morgan fingerprint density at radius 2 is 1.29 bits per heavy atom. The van der Waals surface area contributed by atoms with E-state index in [0.717, 1.165) is 24.0 Å². The molecule has 3 aliphatic rings. The molecular weight excluding hydrogens is 939 g/mol. The van der Waals surface area contributed by atoms with Crippen LogP contribution in [0, 0.1) is 11.8 Å². The molecule has 2 heterocycles. The van der Waals surface area contributed by atoms with E-state index in [-0.39, 0.29) is 86.5 Å². The van der Waals surface area contributed by atoms with Gasteiger partial charge in [0.15, 0.2) is 17.9 Å². The second kappa shape index (κ2) is 32.2. The maximum absolute atomic E-state index is 13.0. The van der Waals surface area contributed by atoms with Gasteiger partial charge in [0.1, 0.15) is 30.7 Å². The van der Waals surface area contributed by atoms with Crippen molar-refractivity contribution in [3.05, 3.63) is 66.2 Å². The molecule has 5 N–H and O–H groups in total. The largest absolute Gasteiger partial charge is 0.486 e. The predicted molar refractivity (Wildman–Crippen MR) is 260 cm³/mol. The Kier molecular flexibility index (Phi) is 25.9. The van der Waals surface area contributed by atoms with Gasteiger partial charge in [0.2, 0.25) is 11.8 Å². The van der Waals surface area contributed by atoms with E-state index in [4.69, 9.17) is 37.9 Å². The summed E-state index contributed by atoms with van der Waals surface area (Å²) in [6.07, 6.45) is 1.75. The minimum Gasteiger partial charge on any atom is -0.486 e. The van der Waals surface area contributed by atoms with Crippen molar-refractivity contribution in [2.45, 2.75) is 95.4 Å². The average Bonchev–Trinajstić information content (AvgIpc) is 3.70. The smallest absolute Gasteiger partial charge is 0.253 e. The quantitative estimate of drug-likeness (QED) is 0.0377. The minimum atomic E-state index is -1.37. The molecule has 1 aliphatic carbocycles. The molecule has 0 bridgehead atoms. The van der Waals surface area contributed by atoms with Gasteiger partial charge in [-0.15, -0.1) is 0 Å². The van der Waals surface area contributed by atoms with E-state index in [1.807, 2.05) is 30.3 Å². The van der Waals surface area contributed by atoms with E-state index >= 15 is 0 Å². The number of nitrogens with one attached hydrogen (secondary N) is 2. The zero-order chi connectivity index (χ0) is 51.5. The number of carbonyl (C=O) groups excluding carboxylic acids is 6. The summed E-state index contributed by atoms with van der Waals surface area (Å²) in [6.45, 7) is 6.03. The standard InChI is InChI=1S/C52H73N3O17/c1-36-48(61)49(62)50(63)52(72-36)70-32-31-67-24-21-53-45(58)19-23-66-26-28-69-30-29-68-27-25-65-22-4-7-42(56)35-71-43-15-13-38(14-16-43)40-5-2-6-41(33-40)44(57)8-3-20-54-51(64)39-11-9-37(10-12-39)34-55-46(59)17-18-47(55)60/h2,5-6,13-18,33,36-37,39,48-50,52,61-63H,3-4,7-12,19-32,34-35H2,1H3,(H,53,58)(H,54,64)/t36-,37?,39?,48-,49+,50+,52+/m0/s1. The molecule has 398 valence electrons. The van der Waals surface area contributed by atoms with Crippen LogP contribution in [0.2, 0.25) is 0 Å². The average molecular weight is 1010 g/mol. The van der Waals surface area contributed by atoms with Gasteiger partial charge in [0, 0.05) is 69.1 Å². The number of nitrogens with zero attached hydrogens (tertiary/aromatic N) is 1. The summed E-state index contributed by atoms with van der Waals surface area (Å²) in [5.41, 5.74) is 2.36. The Morgan fingerprint density at radius 3 is 1.99 bits per heavy atom. The Morgan fingerprint density at radius 1 is 0.653 bits per heavy atom. The third-order valence-corrected chi connectivity index (χ3v) is 12.4. The summed E-state index contributed by atoms with van der Waals surface area (Å²) in [7, 11) is 0. The fourth-order valence-electron chi connectivity index (χ4n) is 8.20. The van der Waals surface area contributed by atoms with Crippen molar-refractivity contribution in [3.8, 4) is 16.9 Å². The molecular formula is C52H73N3O17. The lowest BCUT2D eigenvalue weighted by Crippen LogP contribution is -2.57. The molecule has 1 saturated heterocycles. The number of ether oxygens (including phenoxy) is 8. The number of benzene rings is 2. The first kappa shape index (κ1) is 57.9. The number of hydrogen-bond acceptors (Lipinski definition) is 17. The number of rotatable bonds is 35. The van der Waals surface area contributed by atoms with Crippen molar-refractivity contribution in [1.82, 2.24) is 15.5 Å². The van der Waals surface area contributed by atoms with Crippen molar-refractivity contribution < 1.29 is 82.0 Å². The van der Waals surface area contributed by atoms with Crippen LogP contribution < -0.4 is 15.4 Å². The topological polar surface area (TPSA) is 264 Å². The van der Waals surface area contributed by atoms with Crippen LogP contribution in [0.25, 0.3) is 11.1 Å². The van der Waals surface area contributed by atoms with Crippen LogP contribution in [0.3, 0.4) is 0 Å². The third-order valence-electron chi connectivity index (χ3n) is 12.4. The highest BCUT2D eigenvalue weighted by molar-refractivity contribution is 6.12. The first-order valence-corrected chi connectivity index (χ1v) is 25.1. The van der Waals surface area contributed by atoms with Gasteiger partial charge in [-0.2, -0.15) is 0 Å². The number of aliphatic hydroxyl groups is 3. The Balaban J connectivity index is 0.782. The van der Waals surface area contributed by atoms with E-state index in [2.05, 4.69) is 10.6 Å². The molecule has 5 atom stereocenters. The number of imide groups is 1. The Labute approximate surface area is 420 Å². The predicted octanol–water partition coefficient (Wildman–Crippen LogP) is 2.33. The van der Waals surface area contributed by atoms with Gasteiger partial charge < -0.3 is 63.8 Å². The van der Waals surface area contributed by atoms with Gasteiger partial charge in [-0.1, -0.05) is 30.3 Å². The zero-order valence-electron chi connectivity index (χ0n) is 41.3. The number of Topliss-reactive ketones (excluding diaryl/α,β-unsaturated/α-hetero) is 2. The fraction of sp³-hybridized carbons (Fsp3) is 0.615. The van der Waals surface area contributed by atoms with Gasteiger partial charge in [-0.05, 0) is 80.7 Å². The molecule has 2 fully saturated rings. The summed E-state index contributed by atoms with van der Waals surface area (Å²) in [5.74, 6) is -0.143. The van der Waals surface area contributed by atoms with Gasteiger partial charge >= 0.3 is 0 Å². The second-order valence-corrected chi connectivity index (χ2v) is 17.9. The lowest BCUT2D eigenvalue weighted by molar-refractivity contribution is -0.294. The van der Waals surface area contributed by atoms with Crippen molar-refractivity contribution in [1.29, 1.82) is 0 Å². The fourth-order valence-corrected chi connectivity index (χ4v) is 8.20. The molecule has 0 spiro atoms. The number of aliphatic hydroxyl groups excluding tert-OH is 3. The minimum absolute atomic E-state index is 0.0109. The maximum atomic E-state index is 13.0. The lowest BCUT2D eigenvalue weighted by atomic mass is 9.81. The number of hydrogen-bond donors (Lipinski definition) is 5. The molecule has 0 aromatic heterocycles.